The monoisotopic (exact) mass is 268 g/mol. The van der Waals surface area contributed by atoms with Gasteiger partial charge >= 0.3 is 0 Å². The summed E-state index contributed by atoms with van der Waals surface area (Å²) in [7, 11) is 0. The predicted octanol–water partition coefficient (Wildman–Crippen LogP) is 5.59. The Morgan fingerprint density at radius 1 is 1.05 bits per heavy atom. The van der Waals surface area contributed by atoms with Gasteiger partial charge in [-0.25, -0.2) is 0 Å². The molecule has 0 amide bonds. The average molecular weight is 269 g/mol. The van der Waals surface area contributed by atoms with Gasteiger partial charge in [-0.1, -0.05) is 66.2 Å². The lowest BCUT2D eigenvalue weighted by molar-refractivity contribution is 0.853. The van der Waals surface area contributed by atoms with Crippen LogP contribution in [0.25, 0.3) is 5.57 Å². The smallest absolute Gasteiger partial charge is 0.0184 e. The van der Waals surface area contributed by atoms with Crippen molar-refractivity contribution in [3.05, 3.63) is 76.9 Å². The second-order valence-corrected chi connectivity index (χ2v) is 5.57. The molecule has 2 aliphatic rings. The standard InChI is InChI=1S/C18H17Cl/c19-18-11-9-15(10-12-18)17-8-4-7-16(13-17)14-5-2-1-3-6-14/h1-5,7-9,11,13-14H,6,10,12H2. The predicted molar refractivity (Wildman–Crippen MR) is 83.2 cm³/mol. The SMILES string of the molecule is ClC1=CC=C(c2cccc(C3C=CC=CC3)c2)CC1. The van der Waals surface area contributed by atoms with Gasteiger partial charge in [-0.3, -0.25) is 0 Å². The maximum atomic E-state index is 6.02. The number of hydrogen-bond acceptors (Lipinski definition) is 0. The highest BCUT2D eigenvalue weighted by molar-refractivity contribution is 6.29. The molecule has 3 rings (SSSR count). The Balaban J connectivity index is 1.88. The first-order chi connectivity index (χ1) is 9.33. The van der Waals surface area contributed by atoms with E-state index in [2.05, 4.69) is 54.6 Å². The molecule has 0 fully saturated rings. The lowest BCUT2D eigenvalue weighted by atomic mass is 9.89. The molecular weight excluding hydrogens is 252 g/mol. The highest BCUT2D eigenvalue weighted by atomic mass is 35.5. The molecule has 1 aromatic rings. The van der Waals surface area contributed by atoms with Gasteiger partial charge in [-0.15, -0.1) is 0 Å². The molecule has 0 spiro atoms. The van der Waals surface area contributed by atoms with Crippen molar-refractivity contribution in [2.45, 2.75) is 25.2 Å². The summed E-state index contributed by atoms with van der Waals surface area (Å²) in [6, 6.07) is 8.92. The third kappa shape index (κ3) is 2.90. The highest BCUT2D eigenvalue weighted by Gasteiger charge is 2.11. The molecule has 0 radical (unpaired) electrons. The van der Waals surface area contributed by atoms with Crippen molar-refractivity contribution in [2.75, 3.05) is 0 Å². The molecule has 0 nitrogen and oxygen atoms in total. The normalized spacial score (nSPS) is 22.1. The molecule has 0 bridgehead atoms. The van der Waals surface area contributed by atoms with Gasteiger partial charge in [0.15, 0.2) is 0 Å². The van der Waals surface area contributed by atoms with Gasteiger partial charge in [-0.2, -0.15) is 0 Å². The summed E-state index contributed by atoms with van der Waals surface area (Å²) in [5.74, 6) is 0.522. The van der Waals surface area contributed by atoms with Crippen LogP contribution >= 0.6 is 11.6 Å². The summed E-state index contributed by atoms with van der Waals surface area (Å²) in [5.41, 5.74) is 4.13. The van der Waals surface area contributed by atoms with Crippen LogP contribution in [0.5, 0.6) is 0 Å². The zero-order chi connectivity index (χ0) is 13.1. The minimum atomic E-state index is 0.522. The van der Waals surface area contributed by atoms with Gasteiger partial charge < -0.3 is 0 Å². The zero-order valence-corrected chi connectivity index (χ0v) is 11.6. The number of rotatable bonds is 2. The zero-order valence-electron chi connectivity index (χ0n) is 10.9. The second-order valence-electron chi connectivity index (χ2n) is 5.09. The summed E-state index contributed by atoms with van der Waals surface area (Å²) in [6.45, 7) is 0. The van der Waals surface area contributed by atoms with Crippen LogP contribution in [0.3, 0.4) is 0 Å². The first-order valence-electron chi connectivity index (χ1n) is 6.82. The molecule has 0 saturated heterocycles. The van der Waals surface area contributed by atoms with Gasteiger partial charge in [-0.05, 0) is 42.0 Å². The molecule has 2 aliphatic carbocycles. The largest absolute Gasteiger partial charge is 0.0891 e. The van der Waals surface area contributed by atoms with Crippen LogP contribution in [0.1, 0.15) is 36.3 Å². The highest BCUT2D eigenvalue weighted by Crippen LogP contribution is 2.31. The Labute approximate surface area is 119 Å². The first-order valence-corrected chi connectivity index (χ1v) is 7.19. The third-order valence-electron chi connectivity index (χ3n) is 3.76. The molecule has 0 aliphatic heterocycles. The summed E-state index contributed by atoms with van der Waals surface area (Å²) in [6.07, 6.45) is 16.1. The van der Waals surface area contributed by atoms with Crippen molar-refractivity contribution < 1.29 is 0 Å². The maximum absolute atomic E-state index is 6.02. The van der Waals surface area contributed by atoms with E-state index in [1.165, 1.54) is 16.7 Å². The fourth-order valence-corrected chi connectivity index (χ4v) is 2.81. The van der Waals surface area contributed by atoms with E-state index < -0.39 is 0 Å². The number of allylic oxidation sites excluding steroid dienone is 8. The third-order valence-corrected chi connectivity index (χ3v) is 4.08. The number of benzene rings is 1. The van der Waals surface area contributed by atoms with Crippen LogP contribution in [0.4, 0.5) is 0 Å². The van der Waals surface area contributed by atoms with Crippen LogP contribution in [0.2, 0.25) is 0 Å². The van der Waals surface area contributed by atoms with Crippen LogP contribution < -0.4 is 0 Å². The Kier molecular flexibility index (Phi) is 3.70. The van der Waals surface area contributed by atoms with Crippen LogP contribution in [0.15, 0.2) is 65.8 Å². The second kappa shape index (κ2) is 5.63. The maximum Gasteiger partial charge on any atom is 0.0184 e. The molecule has 0 aromatic heterocycles. The van der Waals surface area contributed by atoms with Crippen LogP contribution in [0, 0.1) is 0 Å². The molecule has 1 aromatic carbocycles. The number of hydrogen-bond donors (Lipinski definition) is 0. The van der Waals surface area contributed by atoms with Gasteiger partial charge in [0, 0.05) is 11.0 Å². The molecule has 1 atom stereocenters. The summed E-state index contributed by atoms with van der Waals surface area (Å²) in [4.78, 5) is 0. The van der Waals surface area contributed by atoms with E-state index in [1.807, 2.05) is 6.08 Å². The lowest BCUT2D eigenvalue weighted by Crippen LogP contribution is -1.98. The van der Waals surface area contributed by atoms with Gasteiger partial charge in [0.2, 0.25) is 0 Å². The van der Waals surface area contributed by atoms with Gasteiger partial charge in [0.25, 0.3) is 0 Å². The Bertz CT molecular complexity index is 587. The molecule has 96 valence electrons. The van der Waals surface area contributed by atoms with Crippen molar-refractivity contribution in [1.29, 1.82) is 0 Å². The van der Waals surface area contributed by atoms with Crippen molar-refractivity contribution in [2.24, 2.45) is 0 Å². The summed E-state index contributed by atoms with van der Waals surface area (Å²) in [5, 5.41) is 0.959. The van der Waals surface area contributed by atoms with E-state index in [-0.39, 0.29) is 0 Å². The fraction of sp³-hybridized carbons (Fsp3) is 0.222. The van der Waals surface area contributed by atoms with Crippen molar-refractivity contribution >= 4 is 17.2 Å². The molecule has 1 unspecified atom stereocenters. The van der Waals surface area contributed by atoms with Crippen molar-refractivity contribution in [3.63, 3.8) is 0 Å². The van der Waals surface area contributed by atoms with Crippen molar-refractivity contribution in [1.82, 2.24) is 0 Å². The van der Waals surface area contributed by atoms with E-state index in [1.54, 1.807) is 0 Å². The van der Waals surface area contributed by atoms with E-state index in [9.17, 15) is 0 Å². The van der Waals surface area contributed by atoms with E-state index in [0.29, 0.717) is 5.92 Å². The molecule has 0 heterocycles. The topological polar surface area (TPSA) is 0 Å². The molecule has 1 heteroatoms. The first kappa shape index (κ1) is 12.5. The van der Waals surface area contributed by atoms with E-state index in [4.69, 9.17) is 11.6 Å². The molecule has 0 saturated carbocycles. The van der Waals surface area contributed by atoms with Crippen molar-refractivity contribution in [3.8, 4) is 0 Å². The summed E-state index contributed by atoms with van der Waals surface area (Å²) < 4.78 is 0. The molecular formula is C18H17Cl. The van der Waals surface area contributed by atoms with Gasteiger partial charge in [0.05, 0.1) is 0 Å². The Morgan fingerprint density at radius 3 is 2.74 bits per heavy atom. The minimum absolute atomic E-state index is 0.522. The quantitative estimate of drug-likeness (QED) is 0.656. The van der Waals surface area contributed by atoms with Crippen LogP contribution in [-0.4, -0.2) is 0 Å². The lowest BCUT2D eigenvalue weighted by Gasteiger charge is -2.16. The Morgan fingerprint density at radius 2 is 2.00 bits per heavy atom. The fourth-order valence-electron chi connectivity index (χ4n) is 2.65. The minimum Gasteiger partial charge on any atom is -0.0891 e. The van der Waals surface area contributed by atoms with Gasteiger partial charge in [0.1, 0.15) is 0 Å². The Hall–Kier alpha value is -1.53. The summed E-state index contributed by atoms with van der Waals surface area (Å²) >= 11 is 6.02. The van der Waals surface area contributed by atoms with E-state index >= 15 is 0 Å². The van der Waals surface area contributed by atoms with Crippen LogP contribution in [-0.2, 0) is 0 Å². The molecule has 0 N–H and O–H groups in total. The molecule has 19 heavy (non-hydrogen) atoms. The average Bonchev–Trinajstić information content (AvgIpc) is 2.49. The number of halogens is 1. The van der Waals surface area contributed by atoms with E-state index in [0.717, 1.165) is 24.3 Å².